The number of nitrogens with one attached hydrogen (secondary N) is 1. The molecule has 0 radical (unpaired) electrons. The van der Waals surface area contributed by atoms with Gasteiger partial charge in [-0.25, -0.2) is 8.42 Å². The molecule has 4 atom stereocenters. The molecule has 1 aliphatic carbocycles. The Morgan fingerprint density at radius 2 is 1.97 bits per heavy atom. The van der Waals surface area contributed by atoms with Crippen molar-refractivity contribution in [3.63, 3.8) is 0 Å². The van der Waals surface area contributed by atoms with Gasteiger partial charge in [0.15, 0.2) is 0 Å². The van der Waals surface area contributed by atoms with E-state index < -0.39 is 16.1 Å². The highest BCUT2D eigenvalue weighted by atomic mass is 35.5. The Hall–Kier alpha value is -1.46. The maximum atomic E-state index is 13.3. The molecule has 4 fully saturated rings. The van der Waals surface area contributed by atoms with Crippen LogP contribution in [0.1, 0.15) is 43.4 Å². The fourth-order valence-corrected chi connectivity index (χ4v) is 7.84. The van der Waals surface area contributed by atoms with E-state index in [2.05, 4.69) is 9.62 Å². The summed E-state index contributed by atoms with van der Waals surface area (Å²) in [4.78, 5) is 33.1. The van der Waals surface area contributed by atoms with E-state index in [4.69, 9.17) is 11.6 Å². The Morgan fingerprint density at radius 1 is 1.17 bits per heavy atom. The largest absolute Gasteiger partial charge is 0.336 e. The molecule has 4 heterocycles. The van der Waals surface area contributed by atoms with Crippen LogP contribution in [0.4, 0.5) is 0 Å². The number of sulfonamides is 1. The quantitative estimate of drug-likeness (QED) is 0.547. The van der Waals surface area contributed by atoms with E-state index in [1.54, 1.807) is 12.1 Å². The van der Waals surface area contributed by atoms with Gasteiger partial charge < -0.3 is 14.7 Å². The normalized spacial score (nSPS) is 29.7. The van der Waals surface area contributed by atoms with Crippen molar-refractivity contribution in [2.24, 2.45) is 11.8 Å². The first-order valence-electron chi connectivity index (χ1n) is 12.6. The highest BCUT2D eigenvalue weighted by molar-refractivity contribution is 7.92. The maximum absolute atomic E-state index is 13.3. The third-order valence-corrected chi connectivity index (χ3v) is 9.99. The zero-order valence-electron chi connectivity index (χ0n) is 19.8. The minimum Gasteiger partial charge on any atom is -0.336 e. The van der Waals surface area contributed by atoms with Crippen molar-refractivity contribution in [2.75, 3.05) is 39.3 Å². The molecule has 0 aromatic carbocycles. The van der Waals surface area contributed by atoms with Crippen molar-refractivity contribution in [2.45, 2.75) is 50.6 Å². The third-order valence-electron chi connectivity index (χ3n) is 7.69. The van der Waals surface area contributed by atoms with Crippen molar-refractivity contribution < 1.29 is 18.0 Å². The van der Waals surface area contributed by atoms with Crippen LogP contribution in [-0.4, -0.2) is 86.3 Å². The fraction of sp³-hybridized carbons (Fsp3) is 0.667. The van der Waals surface area contributed by atoms with Gasteiger partial charge in [-0.3, -0.25) is 9.59 Å². The molecular weight excluding hydrogens is 508 g/mol. The fourth-order valence-electron chi connectivity index (χ4n) is 5.77. The monoisotopic (exact) mass is 540 g/mol. The van der Waals surface area contributed by atoms with E-state index in [1.165, 1.54) is 48.0 Å². The summed E-state index contributed by atoms with van der Waals surface area (Å²) in [6, 6.07) is 2.83. The number of rotatable bonds is 8. The Morgan fingerprint density at radius 3 is 2.71 bits per heavy atom. The molecule has 4 unspecified atom stereocenters. The average Bonchev–Trinajstić information content (AvgIpc) is 3.33. The molecule has 1 aromatic rings. The van der Waals surface area contributed by atoms with Gasteiger partial charge >= 0.3 is 0 Å². The maximum Gasteiger partial charge on any atom is 0.242 e. The number of halogens is 1. The van der Waals surface area contributed by atoms with Gasteiger partial charge in [-0.15, -0.1) is 11.3 Å². The van der Waals surface area contributed by atoms with E-state index in [0.29, 0.717) is 40.4 Å². The number of fused-ring (bicyclic) bond motifs is 1. The second-order valence-electron chi connectivity index (χ2n) is 10.2. The van der Waals surface area contributed by atoms with Gasteiger partial charge in [-0.1, -0.05) is 18.0 Å². The first-order chi connectivity index (χ1) is 16.8. The average molecular weight is 541 g/mol. The minimum atomic E-state index is -3.81. The van der Waals surface area contributed by atoms with Crippen molar-refractivity contribution >= 4 is 50.9 Å². The molecule has 8 nitrogen and oxygen atoms in total. The van der Waals surface area contributed by atoms with Crippen LogP contribution >= 0.6 is 22.9 Å². The topological polar surface area (TPSA) is 90.0 Å². The summed E-state index contributed by atoms with van der Waals surface area (Å²) in [5, 5.41) is 1.06. The van der Waals surface area contributed by atoms with Gasteiger partial charge in [0.1, 0.15) is 6.04 Å². The molecule has 4 aliphatic rings. The lowest BCUT2D eigenvalue weighted by molar-refractivity contribution is -0.144. The second-order valence-corrected chi connectivity index (χ2v) is 13.5. The van der Waals surface area contributed by atoms with Crippen molar-refractivity contribution in [1.29, 1.82) is 0 Å². The smallest absolute Gasteiger partial charge is 0.242 e. The van der Waals surface area contributed by atoms with Crippen LogP contribution in [0.15, 0.2) is 17.5 Å². The van der Waals surface area contributed by atoms with Crippen molar-refractivity contribution in [3.05, 3.63) is 26.8 Å². The first kappa shape index (κ1) is 25.2. The number of carbonyl (C=O) groups is 2. The van der Waals surface area contributed by atoms with Crippen LogP contribution in [0.2, 0.25) is 4.34 Å². The molecule has 35 heavy (non-hydrogen) atoms. The first-order valence-corrected chi connectivity index (χ1v) is 15.3. The summed E-state index contributed by atoms with van der Waals surface area (Å²) >= 11 is 7.17. The van der Waals surface area contributed by atoms with Gasteiger partial charge in [0, 0.05) is 36.0 Å². The SMILES string of the molecule is O=C1C(NS(=O)(=O)/C=C/c2ccc(Cl)s2)CCCN1CC(=O)N1CC2CC2C1CN1CCCCC1. The predicted octanol–water partition coefficient (Wildman–Crippen LogP) is 2.62. The number of carbonyl (C=O) groups excluding carboxylic acids is 2. The van der Waals surface area contributed by atoms with Gasteiger partial charge in [0.25, 0.3) is 0 Å². The van der Waals surface area contributed by atoms with E-state index in [9.17, 15) is 18.0 Å². The third kappa shape index (κ3) is 6.10. The van der Waals surface area contributed by atoms with E-state index >= 15 is 0 Å². The molecule has 2 amide bonds. The minimum absolute atomic E-state index is 0.00876. The molecule has 0 spiro atoms. The highest BCUT2D eigenvalue weighted by Crippen LogP contribution is 2.49. The standard InChI is InChI=1S/C24H33ClN4O4S2/c25-22-7-6-18(34-22)8-12-35(32,33)26-20-5-4-11-28(24(20)31)16-23(30)29-14-17-13-19(17)21(29)15-27-9-2-1-3-10-27/h6-8,12,17,19-21,26H,1-5,9-11,13-16H2/b12-8+. The van der Waals surface area contributed by atoms with Gasteiger partial charge in [-0.05, 0) is 75.2 Å². The zero-order valence-corrected chi connectivity index (χ0v) is 22.2. The number of likely N-dealkylation sites (tertiary alicyclic amines) is 3. The summed E-state index contributed by atoms with van der Waals surface area (Å²) < 4.78 is 28.2. The molecule has 3 aliphatic heterocycles. The van der Waals surface area contributed by atoms with Crippen LogP contribution in [0, 0.1) is 11.8 Å². The number of hydrogen-bond donors (Lipinski definition) is 1. The summed E-state index contributed by atoms with van der Waals surface area (Å²) in [5.74, 6) is 0.876. The molecule has 1 aromatic heterocycles. The van der Waals surface area contributed by atoms with Crippen LogP contribution in [0.5, 0.6) is 0 Å². The summed E-state index contributed by atoms with van der Waals surface area (Å²) in [6.45, 7) is 4.44. The van der Waals surface area contributed by atoms with Crippen LogP contribution in [0.3, 0.4) is 0 Å². The lowest BCUT2D eigenvalue weighted by Gasteiger charge is -2.37. The molecule has 192 valence electrons. The van der Waals surface area contributed by atoms with Gasteiger partial charge in [0.05, 0.1) is 10.9 Å². The summed E-state index contributed by atoms with van der Waals surface area (Å²) in [5.41, 5.74) is 0. The molecule has 1 N–H and O–H groups in total. The Labute approximate surface area is 216 Å². The number of amides is 2. The van der Waals surface area contributed by atoms with Crippen molar-refractivity contribution in [3.8, 4) is 0 Å². The Kier molecular flexibility index (Phi) is 7.56. The molecule has 0 bridgehead atoms. The zero-order chi connectivity index (χ0) is 24.6. The predicted molar refractivity (Wildman–Crippen MR) is 137 cm³/mol. The summed E-state index contributed by atoms with van der Waals surface area (Å²) in [7, 11) is -3.81. The van der Waals surface area contributed by atoms with E-state index in [-0.39, 0.29) is 24.4 Å². The number of hydrogen-bond acceptors (Lipinski definition) is 6. The molecular formula is C24H33ClN4O4S2. The lowest BCUT2D eigenvalue weighted by Crippen LogP contribution is -2.55. The lowest BCUT2D eigenvalue weighted by atomic mass is 10.1. The molecule has 1 saturated carbocycles. The number of piperidine rings is 3. The molecule has 5 rings (SSSR count). The van der Waals surface area contributed by atoms with E-state index in [0.717, 1.165) is 31.6 Å². The van der Waals surface area contributed by atoms with E-state index in [1.807, 2.05) is 4.90 Å². The van der Waals surface area contributed by atoms with Crippen LogP contribution in [0.25, 0.3) is 6.08 Å². The van der Waals surface area contributed by atoms with Gasteiger partial charge in [0.2, 0.25) is 21.8 Å². The van der Waals surface area contributed by atoms with Gasteiger partial charge in [-0.2, -0.15) is 4.72 Å². The number of nitrogens with zero attached hydrogens (tertiary/aromatic N) is 3. The Bertz CT molecular complexity index is 1090. The number of thiophene rings is 1. The highest BCUT2D eigenvalue weighted by Gasteiger charge is 2.54. The van der Waals surface area contributed by atoms with Crippen LogP contribution in [-0.2, 0) is 19.6 Å². The summed E-state index contributed by atoms with van der Waals surface area (Å²) in [6.07, 6.45) is 7.49. The molecule has 11 heteroatoms. The Balaban J connectivity index is 1.17. The van der Waals surface area contributed by atoms with Crippen molar-refractivity contribution in [1.82, 2.24) is 19.4 Å². The van der Waals surface area contributed by atoms with Crippen LogP contribution < -0.4 is 4.72 Å². The molecule has 3 saturated heterocycles. The second kappa shape index (κ2) is 10.5.